The highest BCUT2D eigenvalue weighted by atomic mass is 32.2. The highest BCUT2D eigenvalue weighted by Crippen LogP contribution is 2.25. The lowest BCUT2D eigenvalue weighted by molar-refractivity contribution is 0.0748. The predicted molar refractivity (Wildman–Crippen MR) is 134 cm³/mol. The zero-order chi connectivity index (χ0) is 25.2. The number of carbonyl (C=O) groups excluding carboxylic acids is 1. The normalized spacial score (nSPS) is 12.0. The molecule has 0 unspecified atom stereocenters. The van der Waals surface area contributed by atoms with Gasteiger partial charge in [-0.1, -0.05) is 48.5 Å². The number of rotatable bonds is 7. The lowest BCUT2D eigenvalue weighted by atomic mass is 10.1. The first kappa shape index (κ1) is 24.4. The Morgan fingerprint density at radius 2 is 1.63 bits per heavy atom. The molecule has 0 aliphatic rings. The van der Waals surface area contributed by atoms with Gasteiger partial charge in [0, 0.05) is 36.5 Å². The van der Waals surface area contributed by atoms with Crippen molar-refractivity contribution in [3.8, 4) is 16.9 Å². The molecule has 8 nitrogen and oxygen atoms in total. The fourth-order valence-electron chi connectivity index (χ4n) is 3.63. The number of hydrogen-bond acceptors (Lipinski definition) is 5. The van der Waals surface area contributed by atoms with E-state index in [9.17, 15) is 13.2 Å². The van der Waals surface area contributed by atoms with Crippen molar-refractivity contribution < 1.29 is 17.6 Å². The number of benzene rings is 2. The van der Waals surface area contributed by atoms with E-state index >= 15 is 0 Å². The van der Waals surface area contributed by atoms with Crippen LogP contribution in [0.15, 0.2) is 88.5 Å². The molecule has 1 amide bonds. The van der Waals surface area contributed by atoms with E-state index in [0.29, 0.717) is 0 Å². The standard InChI is InChI=1S/C26H28N4O4S/c1-26(2,3)28-35(32,33)23-16-15-22(34-23)25(31)29(4)17-20-18-30(21-13-9-6-10-14-21)27-24(20)19-11-7-5-8-12-19/h5-16,18,28H,17H2,1-4H3. The van der Waals surface area contributed by atoms with E-state index in [1.165, 1.54) is 17.0 Å². The molecule has 0 aliphatic carbocycles. The van der Waals surface area contributed by atoms with Crippen LogP contribution in [0, 0.1) is 0 Å². The molecule has 9 heteroatoms. The predicted octanol–water partition coefficient (Wildman–Crippen LogP) is 4.48. The number of sulfonamides is 1. The van der Waals surface area contributed by atoms with Crippen LogP contribution in [-0.4, -0.2) is 41.6 Å². The van der Waals surface area contributed by atoms with Gasteiger partial charge in [-0.05, 0) is 45.0 Å². The summed E-state index contributed by atoms with van der Waals surface area (Å²) in [6, 6.07) is 22.1. The molecule has 4 rings (SSSR count). The van der Waals surface area contributed by atoms with Crippen molar-refractivity contribution in [1.82, 2.24) is 19.4 Å². The van der Waals surface area contributed by atoms with Gasteiger partial charge < -0.3 is 9.32 Å². The molecule has 0 radical (unpaired) electrons. The minimum absolute atomic E-state index is 0.0569. The molecular formula is C26H28N4O4S. The largest absolute Gasteiger partial charge is 0.438 e. The molecule has 0 atom stereocenters. The third-order valence-corrected chi connectivity index (χ3v) is 6.74. The fourth-order valence-corrected chi connectivity index (χ4v) is 4.98. The number of hydrogen-bond donors (Lipinski definition) is 1. The van der Waals surface area contributed by atoms with E-state index in [-0.39, 0.29) is 17.4 Å². The van der Waals surface area contributed by atoms with Crippen LogP contribution in [-0.2, 0) is 16.6 Å². The number of furan rings is 1. The van der Waals surface area contributed by atoms with Crippen LogP contribution >= 0.6 is 0 Å². The molecule has 4 aromatic rings. The lowest BCUT2D eigenvalue weighted by Gasteiger charge is -2.19. The van der Waals surface area contributed by atoms with Crippen molar-refractivity contribution >= 4 is 15.9 Å². The molecule has 2 aromatic carbocycles. The highest BCUT2D eigenvalue weighted by molar-refractivity contribution is 7.89. The Morgan fingerprint density at radius 1 is 1.00 bits per heavy atom. The van der Waals surface area contributed by atoms with Crippen molar-refractivity contribution in [2.24, 2.45) is 0 Å². The van der Waals surface area contributed by atoms with Crippen LogP contribution in [0.25, 0.3) is 16.9 Å². The van der Waals surface area contributed by atoms with Gasteiger partial charge in [-0.2, -0.15) is 5.10 Å². The molecule has 0 saturated heterocycles. The zero-order valence-corrected chi connectivity index (χ0v) is 20.9. The Balaban J connectivity index is 1.60. The fraction of sp³-hybridized carbons (Fsp3) is 0.231. The second kappa shape index (κ2) is 9.52. The average Bonchev–Trinajstić information content (AvgIpc) is 3.47. The van der Waals surface area contributed by atoms with Crippen LogP contribution in [0.2, 0.25) is 0 Å². The van der Waals surface area contributed by atoms with Crippen molar-refractivity contribution in [3.05, 3.63) is 90.3 Å². The number of aromatic nitrogens is 2. The third kappa shape index (κ3) is 5.70. The molecule has 0 bridgehead atoms. The molecule has 1 N–H and O–H groups in total. The van der Waals surface area contributed by atoms with Crippen LogP contribution in [0.3, 0.4) is 0 Å². The van der Waals surface area contributed by atoms with Crippen molar-refractivity contribution in [2.45, 2.75) is 37.9 Å². The Hall–Kier alpha value is -3.69. The molecule has 35 heavy (non-hydrogen) atoms. The molecule has 2 heterocycles. The molecule has 0 fully saturated rings. The smallest absolute Gasteiger partial charge is 0.289 e. The first-order valence-corrected chi connectivity index (χ1v) is 12.6. The summed E-state index contributed by atoms with van der Waals surface area (Å²) in [5.41, 5.74) is 2.74. The molecule has 0 saturated carbocycles. The topological polar surface area (TPSA) is 97.4 Å². The molecule has 0 spiro atoms. The molecular weight excluding hydrogens is 464 g/mol. The van der Waals surface area contributed by atoms with E-state index in [1.54, 1.807) is 32.5 Å². The van der Waals surface area contributed by atoms with Gasteiger partial charge in [-0.15, -0.1) is 0 Å². The second-order valence-electron chi connectivity index (χ2n) is 9.28. The zero-order valence-electron chi connectivity index (χ0n) is 20.1. The molecule has 182 valence electrons. The minimum Gasteiger partial charge on any atom is -0.438 e. The van der Waals surface area contributed by atoms with Gasteiger partial charge in [-0.3, -0.25) is 4.79 Å². The van der Waals surface area contributed by atoms with Gasteiger partial charge in [0.2, 0.25) is 5.09 Å². The summed E-state index contributed by atoms with van der Waals surface area (Å²) >= 11 is 0. The van der Waals surface area contributed by atoms with Crippen LogP contribution in [0.1, 0.15) is 36.9 Å². The van der Waals surface area contributed by atoms with Gasteiger partial charge in [0.15, 0.2) is 5.76 Å². The Kier molecular flexibility index (Phi) is 6.64. The maximum Gasteiger partial charge on any atom is 0.289 e. The van der Waals surface area contributed by atoms with Crippen molar-refractivity contribution in [2.75, 3.05) is 7.05 Å². The van der Waals surface area contributed by atoms with Crippen molar-refractivity contribution in [1.29, 1.82) is 0 Å². The molecule has 2 aromatic heterocycles. The van der Waals surface area contributed by atoms with Gasteiger partial charge in [-0.25, -0.2) is 17.8 Å². The average molecular weight is 493 g/mol. The quantitative estimate of drug-likeness (QED) is 0.410. The van der Waals surface area contributed by atoms with Gasteiger partial charge in [0.25, 0.3) is 15.9 Å². The van der Waals surface area contributed by atoms with Gasteiger partial charge >= 0.3 is 0 Å². The lowest BCUT2D eigenvalue weighted by Crippen LogP contribution is -2.40. The van der Waals surface area contributed by atoms with Crippen LogP contribution in [0.4, 0.5) is 0 Å². The highest BCUT2D eigenvalue weighted by Gasteiger charge is 2.27. The summed E-state index contributed by atoms with van der Waals surface area (Å²) in [5.74, 6) is -0.493. The first-order chi connectivity index (χ1) is 16.5. The maximum atomic E-state index is 13.1. The Bertz CT molecular complexity index is 1420. The first-order valence-electron chi connectivity index (χ1n) is 11.1. The maximum absolute atomic E-state index is 13.1. The summed E-state index contributed by atoms with van der Waals surface area (Å²) in [5, 5.41) is 4.47. The number of nitrogens with zero attached hydrogens (tertiary/aromatic N) is 3. The number of carbonyl (C=O) groups is 1. The summed E-state index contributed by atoms with van der Waals surface area (Å²) in [6.45, 7) is 5.44. The SMILES string of the molecule is CN(Cc1cn(-c2ccccc2)nc1-c1ccccc1)C(=O)c1ccc(S(=O)(=O)NC(C)(C)C)o1. The van der Waals surface area contributed by atoms with E-state index < -0.39 is 21.5 Å². The summed E-state index contributed by atoms with van der Waals surface area (Å²) < 4.78 is 34.8. The monoisotopic (exact) mass is 492 g/mol. The Morgan fingerprint density at radius 3 is 2.26 bits per heavy atom. The van der Waals surface area contributed by atoms with Crippen molar-refractivity contribution in [3.63, 3.8) is 0 Å². The molecule has 0 aliphatic heterocycles. The summed E-state index contributed by atoms with van der Waals surface area (Å²) in [6.07, 6.45) is 1.90. The minimum atomic E-state index is -3.89. The van der Waals surface area contributed by atoms with E-state index in [2.05, 4.69) is 4.72 Å². The number of amides is 1. The number of para-hydroxylation sites is 1. The Labute approximate surface area is 205 Å². The van der Waals surface area contributed by atoms with E-state index in [0.717, 1.165) is 22.5 Å². The van der Waals surface area contributed by atoms with Crippen LogP contribution in [0.5, 0.6) is 0 Å². The summed E-state index contributed by atoms with van der Waals surface area (Å²) in [4.78, 5) is 14.6. The second-order valence-corrected chi connectivity index (χ2v) is 10.9. The van der Waals surface area contributed by atoms with E-state index in [4.69, 9.17) is 9.52 Å². The summed E-state index contributed by atoms with van der Waals surface area (Å²) in [7, 11) is -2.25. The van der Waals surface area contributed by atoms with Crippen LogP contribution < -0.4 is 4.72 Å². The van der Waals surface area contributed by atoms with Gasteiger partial charge in [0.05, 0.1) is 11.4 Å². The number of nitrogens with one attached hydrogen (secondary N) is 1. The van der Waals surface area contributed by atoms with E-state index in [1.807, 2.05) is 66.9 Å². The third-order valence-electron chi connectivity index (χ3n) is 5.11. The van der Waals surface area contributed by atoms with Gasteiger partial charge in [0.1, 0.15) is 0 Å².